The molecule has 2 N–H and O–H groups in total. The van der Waals surface area contributed by atoms with Crippen LogP contribution in [0.1, 0.15) is 135 Å². The monoisotopic (exact) mass is 522 g/mol. The zero-order chi connectivity index (χ0) is 27.0. The molecule has 0 aliphatic heterocycles. The number of carboxylic acid groups (broad SMARTS) is 1. The van der Waals surface area contributed by atoms with Crippen LogP contribution in [0.25, 0.3) is 0 Å². The Balaban J connectivity index is 2.16. The summed E-state index contributed by atoms with van der Waals surface area (Å²) in [7, 11) is 0. The number of benzene rings is 1. The number of unbranched alkanes of at least 4 members (excludes halogenated alkanes) is 14. The summed E-state index contributed by atoms with van der Waals surface area (Å²) in [6.45, 7) is 6.11. The zero-order valence-electron chi connectivity index (χ0n) is 23.7. The number of rotatable bonds is 25. The Morgan fingerprint density at radius 3 is 1.81 bits per heavy atom. The van der Waals surface area contributed by atoms with Gasteiger partial charge in [-0.05, 0) is 50.2 Å². The molecule has 0 aliphatic rings. The van der Waals surface area contributed by atoms with Gasteiger partial charge in [-0.2, -0.15) is 0 Å². The van der Waals surface area contributed by atoms with Crippen molar-refractivity contribution in [2.45, 2.75) is 142 Å². The minimum Gasteiger partial charge on any atom is -0.504 e. The smallest absolute Gasteiger partial charge is 0.504 e. The molecule has 0 unspecified atom stereocenters. The Kier molecular flexibility index (Phi) is 21.0. The first-order chi connectivity index (χ1) is 18.1. The maximum absolute atomic E-state index is 10.7. The molecule has 214 valence electrons. The lowest BCUT2D eigenvalue weighted by Crippen LogP contribution is -2.19. The highest BCUT2D eigenvalue weighted by atomic mass is 16.7. The first-order valence-corrected chi connectivity index (χ1v) is 15.0. The van der Waals surface area contributed by atoms with Gasteiger partial charge >= 0.3 is 6.16 Å². The molecule has 0 saturated heterocycles. The summed E-state index contributed by atoms with van der Waals surface area (Å²) in [5, 5.41) is 18.9. The van der Waals surface area contributed by atoms with Crippen LogP contribution in [0.5, 0.6) is 11.5 Å². The molecule has 0 heterocycles. The Hall–Kier alpha value is -1.79. The second-order valence-corrected chi connectivity index (χ2v) is 10.1. The van der Waals surface area contributed by atoms with Crippen molar-refractivity contribution in [1.82, 2.24) is 0 Å². The molecule has 0 fully saturated rings. The van der Waals surface area contributed by atoms with E-state index in [0.29, 0.717) is 0 Å². The van der Waals surface area contributed by atoms with E-state index in [0.717, 1.165) is 70.1 Å². The van der Waals surface area contributed by atoms with Crippen molar-refractivity contribution in [1.29, 1.82) is 0 Å². The second kappa shape index (κ2) is 23.3. The van der Waals surface area contributed by atoms with Crippen molar-refractivity contribution in [3.05, 3.63) is 23.8 Å². The van der Waals surface area contributed by atoms with Crippen LogP contribution in [-0.2, 0) is 15.9 Å². The SMILES string of the molecule is CCCCCCCOC(CCCCCCCCCc1cccc(OC(=O)O)c1O)OCCCCCCC. The fraction of sp³-hybridized carbons (Fsp3) is 0.774. The van der Waals surface area contributed by atoms with E-state index >= 15 is 0 Å². The van der Waals surface area contributed by atoms with E-state index < -0.39 is 6.16 Å². The molecule has 1 aromatic carbocycles. The molecule has 0 spiro atoms. The van der Waals surface area contributed by atoms with Crippen LogP contribution in [-0.4, -0.2) is 35.9 Å². The number of hydrogen-bond acceptors (Lipinski definition) is 5. The third-order valence-electron chi connectivity index (χ3n) is 6.77. The highest BCUT2D eigenvalue weighted by Crippen LogP contribution is 2.31. The van der Waals surface area contributed by atoms with Crippen LogP contribution in [0.2, 0.25) is 0 Å². The molecule has 0 atom stereocenters. The van der Waals surface area contributed by atoms with E-state index in [1.807, 2.05) is 6.07 Å². The van der Waals surface area contributed by atoms with Crippen LogP contribution < -0.4 is 4.74 Å². The van der Waals surface area contributed by atoms with Crippen molar-refractivity contribution >= 4 is 6.16 Å². The van der Waals surface area contributed by atoms with Gasteiger partial charge in [-0.1, -0.05) is 109 Å². The molecule has 0 aromatic heterocycles. The summed E-state index contributed by atoms with van der Waals surface area (Å²) in [5.41, 5.74) is 0.737. The number of carbonyl (C=O) groups is 1. The standard InChI is InChI=1S/C31H54O6/c1-3-5-7-14-18-25-35-29(36-26-19-15-8-6-4-2)24-17-13-11-9-10-12-16-21-27-22-20-23-28(30(27)32)37-31(33)34/h20,22-23,29,32H,3-19,21,24-26H2,1-2H3,(H,33,34). The number of phenols is 1. The summed E-state index contributed by atoms with van der Waals surface area (Å²) in [6, 6.07) is 5.00. The lowest BCUT2D eigenvalue weighted by atomic mass is 10.0. The molecule has 0 bridgehead atoms. The van der Waals surface area contributed by atoms with E-state index in [2.05, 4.69) is 18.6 Å². The molecule has 1 rings (SSSR count). The lowest BCUT2D eigenvalue weighted by Gasteiger charge is -2.19. The minimum atomic E-state index is -1.42. The summed E-state index contributed by atoms with van der Waals surface area (Å²) < 4.78 is 16.8. The minimum absolute atomic E-state index is 0.00393. The average Bonchev–Trinajstić information content (AvgIpc) is 2.88. The van der Waals surface area contributed by atoms with Crippen LogP contribution in [0.3, 0.4) is 0 Å². The van der Waals surface area contributed by atoms with Gasteiger partial charge < -0.3 is 24.4 Å². The summed E-state index contributed by atoms with van der Waals surface area (Å²) in [5.74, 6) is -0.0601. The molecule has 37 heavy (non-hydrogen) atoms. The second-order valence-electron chi connectivity index (χ2n) is 10.1. The van der Waals surface area contributed by atoms with Gasteiger partial charge in [0.05, 0.1) is 0 Å². The average molecular weight is 523 g/mol. The maximum atomic E-state index is 10.7. The molecular formula is C31H54O6. The van der Waals surface area contributed by atoms with E-state index in [9.17, 15) is 9.90 Å². The van der Waals surface area contributed by atoms with E-state index in [1.54, 1.807) is 6.07 Å². The summed E-state index contributed by atoms with van der Waals surface area (Å²) in [6.07, 6.45) is 20.7. The zero-order valence-corrected chi connectivity index (χ0v) is 23.7. The van der Waals surface area contributed by atoms with Gasteiger partial charge in [0.25, 0.3) is 0 Å². The largest absolute Gasteiger partial charge is 0.511 e. The van der Waals surface area contributed by atoms with Crippen LogP contribution in [0.15, 0.2) is 18.2 Å². The number of ether oxygens (including phenoxy) is 3. The molecule has 1 aromatic rings. The van der Waals surface area contributed by atoms with E-state index in [4.69, 9.17) is 14.6 Å². The molecule has 0 amide bonds. The fourth-order valence-corrected chi connectivity index (χ4v) is 4.51. The van der Waals surface area contributed by atoms with Crippen LogP contribution in [0.4, 0.5) is 4.79 Å². The van der Waals surface area contributed by atoms with Gasteiger partial charge in [-0.15, -0.1) is 0 Å². The third kappa shape index (κ3) is 18.2. The molecule has 0 radical (unpaired) electrons. The predicted octanol–water partition coefficient (Wildman–Crippen LogP) is 9.41. The van der Waals surface area contributed by atoms with Gasteiger partial charge in [-0.3, -0.25) is 0 Å². The van der Waals surface area contributed by atoms with Gasteiger partial charge in [0.1, 0.15) is 0 Å². The summed E-state index contributed by atoms with van der Waals surface area (Å²) in [4.78, 5) is 10.7. The number of para-hydroxylation sites is 1. The maximum Gasteiger partial charge on any atom is 0.511 e. The molecule has 6 heteroatoms. The van der Waals surface area contributed by atoms with Gasteiger partial charge in [0, 0.05) is 13.2 Å². The first kappa shape index (κ1) is 33.2. The normalized spacial score (nSPS) is 11.3. The van der Waals surface area contributed by atoms with Gasteiger partial charge in [-0.25, -0.2) is 4.79 Å². The number of hydrogen-bond donors (Lipinski definition) is 2. The number of phenolic OH excluding ortho intramolecular Hbond substituents is 1. The lowest BCUT2D eigenvalue weighted by molar-refractivity contribution is -0.148. The van der Waals surface area contributed by atoms with Crippen molar-refractivity contribution in [2.75, 3.05) is 13.2 Å². The van der Waals surface area contributed by atoms with Gasteiger partial charge in [0.2, 0.25) is 0 Å². The fourth-order valence-electron chi connectivity index (χ4n) is 4.51. The number of aromatic hydroxyl groups is 1. The van der Waals surface area contributed by atoms with E-state index in [-0.39, 0.29) is 17.8 Å². The Morgan fingerprint density at radius 1 is 0.730 bits per heavy atom. The Bertz CT molecular complexity index is 662. The van der Waals surface area contributed by atoms with Crippen LogP contribution >= 0.6 is 0 Å². The Labute approximate surface area is 226 Å². The topological polar surface area (TPSA) is 85.2 Å². The van der Waals surface area contributed by atoms with Crippen molar-refractivity contribution < 1.29 is 29.2 Å². The molecule has 6 nitrogen and oxygen atoms in total. The van der Waals surface area contributed by atoms with Crippen molar-refractivity contribution in [3.63, 3.8) is 0 Å². The van der Waals surface area contributed by atoms with E-state index in [1.165, 1.54) is 76.7 Å². The quantitative estimate of drug-likeness (QED) is 0.0576. The molecule has 0 aliphatic carbocycles. The number of aryl methyl sites for hydroxylation is 1. The highest BCUT2D eigenvalue weighted by Gasteiger charge is 2.11. The highest BCUT2D eigenvalue weighted by molar-refractivity contribution is 5.63. The third-order valence-corrected chi connectivity index (χ3v) is 6.77. The summed E-state index contributed by atoms with van der Waals surface area (Å²) >= 11 is 0. The molecule has 0 saturated carbocycles. The van der Waals surface area contributed by atoms with Crippen LogP contribution in [0, 0.1) is 0 Å². The predicted molar refractivity (Wildman–Crippen MR) is 151 cm³/mol. The van der Waals surface area contributed by atoms with Crippen molar-refractivity contribution in [2.24, 2.45) is 0 Å². The first-order valence-electron chi connectivity index (χ1n) is 15.0. The Morgan fingerprint density at radius 2 is 1.24 bits per heavy atom. The van der Waals surface area contributed by atoms with Gasteiger partial charge in [0.15, 0.2) is 17.8 Å². The van der Waals surface area contributed by atoms with Crippen molar-refractivity contribution in [3.8, 4) is 11.5 Å². The molecular weight excluding hydrogens is 468 g/mol.